The van der Waals surface area contributed by atoms with Gasteiger partial charge in [-0.3, -0.25) is 0 Å². The molecule has 1 aromatic carbocycles. The second kappa shape index (κ2) is 4.79. The maximum Gasteiger partial charge on any atom is 0.166 e. The monoisotopic (exact) mass is 267 g/mol. The molecule has 0 N–H and O–H groups in total. The number of aromatic nitrogens is 2. The minimum atomic E-state index is 0.124. The first-order chi connectivity index (χ1) is 9.25. The zero-order valence-corrected chi connectivity index (χ0v) is 13.1. The van der Waals surface area contributed by atoms with E-state index in [9.17, 15) is 5.26 Å². The maximum atomic E-state index is 9.23. The lowest BCUT2D eigenvalue weighted by molar-refractivity contribution is 0.589. The quantitative estimate of drug-likeness (QED) is 0.787. The summed E-state index contributed by atoms with van der Waals surface area (Å²) in [6.07, 6.45) is 1.70. The second-order valence-corrected chi connectivity index (χ2v) is 6.40. The van der Waals surface area contributed by atoms with Crippen molar-refractivity contribution in [2.45, 2.75) is 40.0 Å². The summed E-state index contributed by atoms with van der Waals surface area (Å²) in [4.78, 5) is 4.17. The van der Waals surface area contributed by atoms with Crippen LogP contribution in [0.5, 0.6) is 0 Å². The molecular formula is C17H21N3. The molecule has 2 rings (SSSR count). The molecule has 104 valence electrons. The number of nitriles is 1. The molecule has 2 aromatic rings. The van der Waals surface area contributed by atoms with E-state index in [-0.39, 0.29) is 5.41 Å². The lowest BCUT2D eigenvalue weighted by atomic mass is 9.83. The van der Waals surface area contributed by atoms with Gasteiger partial charge >= 0.3 is 0 Å². The average molecular weight is 267 g/mol. The Morgan fingerprint density at radius 1 is 1.15 bits per heavy atom. The van der Waals surface area contributed by atoms with Crippen molar-refractivity contribution in [3.8, 4) is 17.3 Å². The molecule has 0 aliphatic carbocycles. The third-order valence-electron chi connectivity index (χ3n) is 3.68. The Bertz CT molecular complexity index is 671. The van der Waals surface area contributed by atoms with Crippen molar-refractivity contribution in [1.29, 1.82) is 5.26 Å². The van der Waals surface area contributed by atoms with Crippen LogP contribution in [0.1, 0.15) is 43.2 Å². The zero-order chi connectivity index (χ0) is 15.1. The fraction of sp³-hybridized carbons (Fsp3) is 0.412. The number of aryl methyl sites for hydroxylation is 3. The van der Waals surface area contributed by atoms with Gasteiger partial charge in [-0.1, -0.05) is 32.9 Å². The van der Waals surface area contributed by atoms with Gasteiger partial charge < -0.3 is 4.57 Å². The number of nitrogens with zero attached hydrogens (tertiary/aromatic N) is 3. The lowest BCUT2D eigenvalue weighted by Gasteiger charge is -2.22. The smallest absolute Gasteiger partial charge is 0.166 e. The summed E-state index contributed by atoms with van der Waals surface area (Å²) in [5.41, 5.74) is 6.33. The van der Waals surface area contributed by atoms with Gasteiger partial charge in [0.25, 0.3) is 0 Å². The summed E-state index contributed by atoms with van der Waals surface area (Å²) in [5, 5.41) is 9.23. The molecule has 3 heteroatoms. The van der Waals surface area contributed by atoms with Crippen molar-refractivity contribution in [3.05, 3.63) is 40.8 Å². The standard InChI is InChI=1S/C17H21N3/c1-11-7-13(17(3,4)5)8-12(2)15(11)16-14(9-18)19-10-20(16)6/h7-8,10H,1-6H3. The van der Waals surface area contributed by atoms with Crippen LogP contribution in [0.2, 0.25) is 0 Å². The van der Waals surface area contributed by atoms with Crippen molar-refractivity contribution in [2.24, 2.45) is 7.05 Å². The molecule has 0 spiro atoms. The SMILES string of the molecule is Cc1cc(C(C)(C)C)cc(C)c1-c1c(C#N)ncn1C. The summed E-state index contributed by atoms with van der Waals surface area (Å²) in [5.74, 6) is 0. The van der Waals surface area contributed by atoms with Crippen molar-refractivity contribution >= 4 is 0 Å². The highest BCUT2D eigenvalue weighted by molar-refractivity contribution is 5.72. The molecule has 0 unspecified atom stereocenters. The predicted molar refractivity (Wildman–Crippen MR) is 81.5 cm³/mol. The summed E-state index contributed by atoms with van der Waals surface area (Å²) in [7, 11) is 1.93. The van der Waals surface area contributed by atoms with Crippen LogP contribution >= 0.6 is 0 Å². The van der Waals surface area contributed by atoms with Crippen LogP contribution < -0.4 is 0 Å². The van der Waals surface area contributed by atoms with Gasteiger partial charge in [0.15, 0.2) is 5.69 Å². The van der Waals surface area contributed by atoms with Crippen LogP contribution in [0.4, 0.5) is 0 Å². The Morgan fingerprint density at radius 2 is 1.70 bits per heavy atom. The lowest BCUT2D eigenvalue weighted by Crippen LogP contribution is -2.12. The molecule has 1 heterocycles. The molecule has 3 nitrogen and oxygen atoms in total. The first kappa shape index (κ1) is 14.3. The van der Waals surface area contributed by atoms with Gasteiger partial charge in [-0.05, 0) is 36.0 Å². The van der Waals surface area contributed by atoms with Crippen molar-refractivity contribution < 1.29 is 0 Å². The first-order valence-electron chi connectivity index (χ1n) is 6.79. The summed E-state index contributed by atoms with van der Waals surface area (Å²) < 4.78 is 1.92. The third-order valence-corrected chi connectivity index (χ3v) is 3.68. The van der Waals surface area contributed by atoms with Gasteiger partial charge in [-0.15, -0.1) is 0 Å². The van der Waals surface area contributed by atoms with Crippen LogP contribution in [-0.2, 0) is 12.5 Å². The number of hydrogen-bond donors (Lipinski definition) is 0. The highest BCUT2D eigenvalue weighted by atomic mass is 15.0. The van der Waals surface area contributed by atoms with Crippen LogP contribution in [0, 0.1) is 25.2 Å². The highest BCUT2D eigenvalue weighted by Gasteiger charge is 2.20. The van der Waals surface area contributed by atoms with Gasteiger partial charge in [-0.2, -0.15) is 5.26 Å². The van der Waals surface area contributed by atoms with Crippen LogP contribution in [0.25, 0.3) is 11.3 Å². The Labute approximate surface area is 120 Å². The zero-order valence-electron chi connectivity index (χ0n) is 13.1. The van der Waals surface area contributed by atoms with E-state index >= 15 is 0 Å². The largest absolute Gasteiger partial charge is 0.333 e. The maximum absolute atomic E-state index is 9.23. The normalized spacial score (nSPS) is 11.4. The Balaban J connectivity index is 2.72. The number of imidazole rings is 1. The molecule has 0 saturated heterocycles. The molecule has 0 aliphatic heterocycles. The number of hydrogen-bond acceptors (Lipinski definition) is 2. The topological polar surface area (TPSA) is 41.6 Å². The molecule has 20 heavy (non-hydrogen) atoms. The molecule has 0 fully saturated rings. The van der Waals surface area contributed by atoms with Crippen LogP contribution in [0.15, 0.2) is 18.5 Å². The van der Waals surface area contributed by atoms with E-state index in [2.05, 4.69) is 57.8 Å². The second-order valence-electron chi connectivity index (χ2n) is 6.40. The van der Waals surface area contributed by atoms with Crippen molar-refractivity contribution in [3.63, 3.8) is 0 Å². The van der Waals surface area contributed by atoms with Gasteiger partial charge in [0.1, 0.15) is 6.07 Å². The van der Waals surface area contributed by atoms with Crippen LogP contribution in [-0.4, -0.2) is 9.55 Å². The van der Waals surface area contributed by atoms with E-state index in [1.165, 1.54) is 16.7 Å². The predicted octanol–water partition coefficient (Wildman–Crippen LogP) is 3.87. The highest BCUT2D eigenvalue weighted by Crippen LogP contribution is 2.33. The number of rotatable bonds is 1. The molecule has 1 aromatic heterocycles. The molecule has 0 saturated carbocycles. The van der Waals surface area contributed by atoms with Gasteiger partial charge in [0.05, 0.1) is 12.0 Å². The minimum Gasteiger partial charge on any atom is -0.333 e. The fourth-order valence-corrected chi connectivity index (χ4v) is 2.58. The Hall–Kier alpha value is -2.08. The van der Waals surface area contributed by atoms with Gasteiger partial charge in [0.2, 0.25) is 0 Å². The number of benzene rings is 1. The molecule has 0 amide bonds. The summed E-state index contributed by atoms with van der Waals surface area (Å²) in [6.45, 7) is 10.8. The first-order valence-corrected chi connectivity index (χ1v) is 6.79. The van der Waals surface area contributed by atoms with E-state index in [0.29, 0.717) is 5.69 Å². The minimum absolute atomic E-state index is 0.124. The van der Waals surface area contributed by atoms with Gasteiger partial charge in [-0.25, -0.2) is 4.98 Å². The average Bonchev–Trinajstić information content (AvgIpc) is 2.69. The van der Waals surface area contributed by atoms with Crippen LogP contribution in [0.3, 0.4) is 0 Å². The molecule has 0 aliphatic rings. The fourth-order valence-electron chi connectivity index (χ4n) is 2.58. The molecule has 0 atom stereocenters. The van der Waals surface area contributed by atoms with E-state index in [0.717, 1.165) is 11.3 Å². The summed E-state index contributed by atoms with van der Waals surface area (Å²) >= 11 is 0. The van der Waals surface area contributed by atoms with E-state index < -0.39 is 0 Å². The Morgan fingerprint density at radius 3 is 2.15 bits per heavy atom. The summed E-state index contributed by atoms with van der Waals surface area (Å²) in [6, 6.07) is 6.62. The van der Waals surface area contributed by atoms with Crippen molar-refractivity contribution in [2.75, 3.05) is 0 Å². The molecule has 0 bridgehead atoms. The van der Waals surface area contributed by atoms with E-state index in [4.69, 9.17) is 0 Å². The van der Waals surface area contributed by atoms with E-state index in [1.807, 2.05) is 11.6 Å². The van der Waals surface area contributed by atoms with Gasteiger partial charge in [0, 0.05) is 12.6 Å². The van der Waals surface area contributed by atoms with Crippen molar-refractivity contribution in [1.82, 2.24) is 9.55 Å². The molecule has 0 radical (unpaired) electrons. The molecular weight excluding hydrogens is 246 g/mol. The Kier molecular flexibility index (Phi) is 3.43. The third kappa shape index (κ3) is 2.34. The van der Waals surface area contributed by atoms with E-state index in [1.54, 1.807) is 6.33 Å².